The topological polar surface area (TPSA) is 43.8 Å². The van der Waals surface area contributed by atoms with Crippen molar-refractivity contribution in [1.29, 1.82) is 0 Å². The van der Waals surface area contributed by atoms with Gasteiger partial charge in [-0.1, -0.05) is 45.0 Å². The lowest BCUT2D eigenvalue weighted by atomic mass is 9.89. The SMILES string of the molecule is Cc1ccccc1-c1c(C(C)C(C)C)nn(C)c1N. The van der Waals surface area contributed by atoms with Crippen LogP contribution in [0.25, 0.3) is 11.1 Å². The predicted octanol–water partition coefficient (Wildman–Crippen LogP) is 3.74. The van der Waals surface area contributed by atoms with Gasteiger partial charge >= 0.3 is 0 Å². The van der Waals surface area contributed by atoms with Gasteiger partial charge in [-0.2, -0.15) is 5.10 Å². The molecule has 0 spiro atoms. The van der Waals surface area contributed by atoms with Gasteiger partial charge in [0.1, 0.15) is 5.82 Å². The van der Waals surface area contributed by atoms with Gasteiger partial charge in [0, 0.05) is 18.5 Å². The van der Waals surface area contributed by atoms with Crippen LogP contribution in [0.5, 0.6) is 0 Å². The van der Waals surface area contributed by atoms with Crippen molar-refractivity contribution in [2.75, 3.05) is 5.73 Å². The number of nitrogen functional groups attached to an aromatic ring is 1. The summed E-state index contributed by atoms with van der Waals surface area (Å²) in [6.45, 7) is 8.77. The smallest absolute Gasteiger partial charge is 0.129 e. The van der Waals surface area contributed by atoms with Gasteiger partial charge in [-0.3, -0.25) is 4.68 Å². The monoisotopic (exact) mass is 257 g/mol. The first-order valence-corrected chi connectivity index (χ1v) is 6.81. The molecule has 2 N–H and O–H groups in total. The summed E-state index contributed by atoms with van der Waals surface area (Å²) < 4.78 is 1.79. The van der Waals surface area contributed by atoms with Crippen LogP contribution in [0.1, 0.15) is 37.9 Å². The number of rotatable bonds is 3. The van der Waals surface area contributed by atoms with Crippen molar-refractivity contribution >= 4 is 5.82 Å². The summed E-state index contributed by atoms with van der Waals surface area (Å²) in [6, 6.07) is 8.35. The largest absolute Gasteiger partial charge is 0.383 e. The van der Waals surface area contributed by atoms with E-state index in [1.165, 1.54) is 11.1 Å². The lowest BCUT2D eigenvalue weighted by Crippen LogP contribution is -2.05. The van der Waals surface area contributed by atoms with E-state index in [0.29, 0.717) is 11.8 Å². The van der Waals surface area contributed by atoms with E-state index in [9.17, 15) is 0 Å². The maximum atomic E-state index is 6.24. The standard InChI is InChI=1S/C16H23N3/c1-10(2)12(4)15-14(16(17)19(5)18-15)13-9-7-6-8-11(13)3/h6-10,12H,17H2,1-5H3. The number of hydrogen-bond donors (Lipinski definition) is 1. The molecule has 1 aromatic carbocycles. The van der Waals surface area contributed by atoms with E-state index < -0.39 is 0 Å². The average molecular weight is 257 g/mol. The normalized spacial score (nSPS) is 12.9. The fraction of sp³-hybridized carbons (Fsp3) is 0.438. The van der Waals surface area contributed by atoms with E-state index in [1.807, 2.05) is 7.05 Å². The van der Waals surface area contributed by atoms with Gasteiger partial charge in [-0.25, -0.2) is 0 Å². The number of aromatic nitrogens is 2. The molecule has 0 aliphatic heterocycles. The third-order valence-electron chi connectivity index (χ3n) is 3.96. The lowest BCUT2D eigenvalue weighted by molar-refractivity contribution is 0.517. The van der Waals surface area contributed by atoms with Crippen molar-refractivity contribution in [2.24, 2.45) is 13.0 Å². The number of hydrogen-bond acceptors (Lipinski definition) is 2. The van der Waals surface area contributed by atoms with Crippen molar-refractivity contribution in [3.8, 4) is 11.1 Å². The zero-order chi connectivity index (χ0) is 14.2. The summed E-state index contributed by atoms with van der Waals surface area (Å²) in [5.74, 6) is 1.67. The van der Waals surface area contributed by atoms with E-state index in [0.717, 1.165) is 17.1 Å². The maximum absolute atomic E-state index is 6.24. The highest BCUT2D eigenvalue weighted by Gasteiger charge is 2.23. The highest BCUT2D eigenvalue weighted by atomic mass is 15.3. The van der Waals surface area contributed by atoms with Crippen LogP contribution in [-0.2, 0) is 7.05 Å². The molecule has 102 valence electrons. The molecule has 0 saturated heterocycles. The highest BCUT2D eigenvalue weighted by molar-refractivity contribution is 5.79. The van der Waals surface area contributed by atoms with Gasteiger partial charge in [0.15, 0.2) is 0 Å². The van der Waals surface area contributed by atoms with Crippen LogP contribution in [0.3, 0.4) is 0 Å². The van der Waals surface area contributed by atoms with E-state index in [1.54, 1.807) is 4.68 Å². The molecule has 1 aromatic heterocycles. The number of benzene rings is 1. The Morgan fingerprint density at radius 1 is 1.16 bits per heavy atom. The summed E-state index contributed by atoms with van der Waals surface area (Å²) in [6.07, 6.45) is 0. The van der Waals surface area contributed by atoms with Crippen molar-refractivity contribution in [3.63, 3.8) is 0 Å². The Morgan fingerprint density at radius 3 is 2.37 bits per heavy atom. The van der Waals surface area contributed by atoms with Crippen LogP contribution in [0.15, 0.2) is 24.3 Å². The third-order valence-corrected chi connectivity index (χ3v) is 3.96. The molecular formula is C16H23N3. The van der Waals surface area contributed by atoms with Gasteiger partial charge in [-0.05, 0) is 24.0 Å². The minimum atomic E-state index is 0.387. The fourth-order valence-corrected chi connectivity index (χ4v) is 2.32. The summed E-state index contributed by atoms with van der Waals surface area (Å²) in [4.78, 5) is 0. The summed E-state index contributed by atoms with van der Waals surface area (Å²) >= 11 is 0. The fourth-order valence-electron chi connectivity index (χ4n) is 2.32. The number of aryl methyl sites for hydroxylation is 2. The minimum Gasteiger partial charge on any atom is -0.383 e. The van der Waals surface area contributed by atoms with E-state index >= 15 is 0 Å². The van der Waals surface area contributed by atoms with E-state index in [4.69, 9.17) is 5.73 Å². The molecule has 0 fully saturated rings. The lowest BCUT2D eigenvalue weighted by Gasteiger charge is -2.16. The molecule has 3 heteroatoms. The molecule has 1 atom stereocenters. The van der Waals surface area contributed by atoms with Crippen LogP contribution >= 0.6 is 0 Å². The van der Waals surface area contributed by atoms with Gasteiger partial charge in [0.2, 0.25) is 0 Å². The molecule has 0 amide bonds. The van der Waals surface area contributed by atoms with Crippen molar-refractivity contribution in [1.82, 2.24) is 9.78 Å². The summed E-state index contributed by atoms with van der Waals surface area (Å²) in [7, 11) is 1.91. The van der Waals surface area contributed by atoms with Crippen molar-refractivity contribution in [3.05, 3.63) is 35.5 Å². The molecule has 0 radical (unpaired) electrons. The number of anilines is 1. The molecular weight excluding hydrogens is 234 g/mol. The van der Waals surface area contributed by atoms with Crippen LogP contribution in [0.2, 0.25) is 0 Å². The molecule has 1 unspecified atom stereocenters. The number of nitrogens with two attached hydrogens (primary N) is 1. The Hall–Kier alpha value is -1.77. The zero-order valence-corrected chi connectivity index (χ0v) is 12.4. The molecule has 1 heterocycles. The molecule has 3 nitrogen and oxygen atoms in total. The average Bonchev–Trinajstić information content (AvgIpc) is 2.66. The first kappa shape index (κ1) is 13.7. The second-order valence-electron chi connectivity index (χ2n) is 5.62. The Labute approximate surface area is 115 Å². The molecule has 2 aromatic rings. The van der Waals surface area contributed by atoms with Crippen molar-refractivity contribution < 1.29 is 0 Å². The second-order valence-corrected chi connectivity index (χ2v) is 5.62. The Kier molecular flexibility index (Phi) is 3.65. The minimum absolute atomic E-state index is 0.387. The van der Waals surface area contributed by atoms with Crippen LogP contribution in [-0.4, -0.2) is 9.78 Å². The number of nitrogens with zero attached hydrogens (tertiary/aromatic N) is 2. The second kappa shape index (κ2) is 5.08. The summed E-state index contributed by atoms with van der Waals surface area (Å²) in [5, 5.41) is 4.64. The summed E-state index contributed by atoms with van der Waals surface area (Å²) in [5.41, 5.74) is 10.9. The Morgan fingerprint density at radius 2 is 1.79 bits per heavy atom. The van der Waals surface area contributed by atoms with Gasteiger partial charge in [0.05, 0.1) is 5.69 Å². The van der Waals surface area contributed by atoms with Gasteiger partial charge < -0.3 is 5.73 Å². The molecule has 0 saturated carbocycles. The highest BCUT2D eigenvalue weighted by Crippen LogP contribution is 2.37. The Bertz CT molecular complexity index is 582. The third kappa shape index (κ3) is 2.37. The molecule has 0 aliphatic rings. The molecule has 2 rings (SSSR count). The quantitative estimate of drug-likeness (QED) is 0.910. The van der Waals surface area contributed by atoms with Crippen LogP contribution in [0.4, 0.5) is 5.82 Å². The first-order valence-electron chi connectivity index (χ1n) is 6.81. The zero-order valence-electron chi connectivity index (χ0n) is 12.4. The van der Waals surface area contributed by atoms with Crippen LogP contribution in [0, 0.1) is 12.8 Å². The van der Waals surface area contributed by atoms with Crippen LogP contribution < -0.4 is 5.73 Å². The molecule has 0 aliphatic carbocycles. The Balaban J connectivity index is 2.66. The predicted molar refractivity (Wildman–Crippen MR) is 81.0 cm³/mol. The van der Waals surface area contributed by atoms with Gasteiger partial charge in [0.25, 0.3) is 0 Å². The van der Waals surface area contributed by atoms with Gasteiger partial charge in [-0.15, -0.1) is 0 Å². The molecule has 0 bridgehead atoms. The first-order chi connectivity index (χ1) is 8.93. The molecule has 19 heavy (non-hydrogen) atoms. The van der Waals surface area contributed by atoms with E-state index in [2.05, 4.69) is 57.1 Å². The van der Waals surface area contributed by atoms with E-state index in [-0.39, 0.29) is 0 Å². The maximum Gasteiger partial charge on any atom is 0.129 e. The van der Waals surface area contributed by atoms with Crippen molar-refractivity contribution in [2.45, 2.75) is 33.6 Å².